The monoisotopic (exact) mass is 252 g/mol. The largest absolute Gasteiger partial charge is 0.503 e. The summed E-state index contributed by atoms with van der Waals surface area (Å²) in [5.74, 6) is 1.44. The number of rotatable bonds is 0. The average Bonchev–Trinajstić information content (AvgIpc) is 1.85. The van der Waals surface area contributed by atoms with Gasteiger partial charge in [0.1, 0.15) is 0 Å². The molecular formula is C6H14Cl2O6. The van der Waals surface area contributed by atoms with Gasteiger partial charge in [0.25, 0.3) is 0 Å². The van der Waals surface area contributed by atoms with Crippen LogP contribution in [0.25, 0.3) is 0 Å². The summed E-state index contributed by atoms with van der Waals surface area (Å²) in [5, 5.41) is 27.9. The zero-order valence-corrected chi connectivity index (χ0v) is 9.29. The fourth-order valence-corrected chi connectivity index (χ4v) is 0. The van der Waals surface area contributed by atoms with Gasteiger partial charge >= 0.3 is 12.3 Å². The van der Waals surface area contributed by atoms with Crippen molar-refractivity contribution in [1.82, 2.24) is 0 Å². The molecule has 0 aliphatic carbocycles. The average molecular weight is 253 g/mol. The Kier molecular flexibility index (Phi) is 48.9. The minimum Gasteiger partial charge on any atom is -0.450 e. The molecule has 0 unspecified atom stereocenters. The van der Waals surface area contributed by atoms with Gasteiger partial charge in [-0.2, -0.15) is 0 Å². The lowest BCUT2D eigenvalue weighted by Gasteiger charge is -1.60. The highest BCUT2D eigenvalue weighted by Gasteiger charge is 1.70. The molecule has 0 saturated carbocycles. The van der Waals surface area contributed by atoms with Gasteiger partial charge in [-0.15, -0.1) is 23.2 Å². The molecular weight excluding hydrogens is 239 g/mol. The van der Waals surface area contributed by atoms with Crippen LogP contribution in [0.2, 0.25) is 0 Å². The van der Waals surface area contributed by atoms with E-state index in [2.05, 4.69) is 0 Å². The minimum absolute atomic E-state index is 0.722. The molecule has 0 aliphatic rings. The normalized spacial score (nSPS) is 6.00. The first-order chi connectivity index (χ1) is 6.29. The molecule has 0 rings (SSSR count). The van der Waals surface area contributed by atoms with Crippen molar-refractivity contribution >= 4 is 35.5 Å². The summed E-state index contributed by atoms with van der Waals surface area (Å²) in [7, 11) is 0. The van der Waals surface area contributed by atoms with Crippen LogP contribution in [0.1, 0.15) is 13.8 Å². The van der Waals surface area contributed by atoms with Gasteiger partial charge in [-0.25, -0.2) is 9.59 Å². The van der Waals surface area contributed by atoms with Gasteiger partial charge in [0.2, 0.25) is 0 Å². The molecule has 0 amide bonds. The van der Waals surface area contributed by atoms with Crippen molar-refractivity contribution in [2.45, 2.75) is 13.8 Å². The van der Waals surface area contributed by atoms with Crippen LogP contribution in [0.4, 0.5) is 9.59 Å². The standard InChI is InChI=1S/2C2H5Cl.2CH2O3/c2*1-2-3;2*2-1(3)4/h2*2H2,1H3;2*(H2,2,3,4). The first kappa shape index (κ1) is 23.2. The van der Waals surface area contributed by atoms with Gasteiger partial charge in [-0.05, 0) is 0 Å². The van der Waals surface area contributed by atoms with E-state index < -0.39 is 12.3 Å². The maximum Gasteiger partial charge on any atom is 0.503 e. The maximum absolute atomic E-state index is 8.56. The SMILES string of the molecule is CCCl.CCCl.O=C(O)O.O=C(O)O. The topological polar surface area (TPSA) is 115 Å². The van der Waals surface area contributed by atoms with Crippen LogP contribution in [-0.4, -0.2) is 44.5 Å². The summed E-state index contributed by atoms with van der Waals surface area (Å²) in [6.45, 7) is 3.78. The Morgan fingerprint density at radius 1 is 0.857 bits per heavy atom. The van der Waals surface area contributed by atoms with Crippen LogP contribution in [0.3, 0.4) is 0 Å². The zero-order chi connectivity index (χ0) is 12.6. The molecule has 14 heavy (non-hydrogen) atoms. The predicted molar refractivity (Wildman–Crippen MR) is 54.1 cm³/mol. The van der Waals surface area contributed by atoms with Crippen LogP contribution < -0.4 is 0 Å². The van der Waals surface area contributed by atoms with Crippen LogP contribution in [-0.2, 0) is 0 Å². The summed E-state index contributed by atoms with van der Waals surface area (Å²) >= 11 is 10.00. The summed E-state index contributed by atoms with van der Waals surface area (Å²) in [5.41, 5.74) is 0. The molecule has 8 heteroatoms. The highest BCUT2D eigenvalue weighted by Crippen LogP contribution is 1.60. The molecule has 0 aliphatic heterocycles. The Labute approximate surface area is 91.7 Å². The number of alkyl halides is 2. The summed E-state index contributed by atoms with van der Waals surface area (Å²) < 4.78 is 0. The second-order valence-corrected chi connectivity index (χ2v) is 2.17. The molecule has 0 heterocycles. The van der Waals surface area contributed by atoms with Gasteiger partial charge in [-0.3, -0.25) is 0 Å². The van der Waals surface area contributed by atoms with E-state index in [9.17, 15) is 0 Å². The predicted octanol–water partition coefficient (Wildman–Crippen LogP) is 2.94. The lowest BCUT2D eigenvalue weighted by molar-refractivity contribution is 0.135. The molecule has 0 saturated heterocycles. The smallest absolute Gasteiger partial charge is 0.450 e. The molecule has 6 nitrogen and oxygen atoms in total. The summed E-state index contributed by atoms with van der Waals surface area (Å²) in [6, 6.07) is 0. The van der Waals surface area contributed by atoms with Gasteiger partial charge in [-0.1, -0.05) is 13.8 Å². The van der Waals surface area contributed by atoms with E-state index in [1.54, 1.807) is 0 Å². The van der Waals surface area contributed by atoms with Gasteiger partial charge in [0, 0.05) is 11.8 Å². The Balaban J connectivity index is -0.0000000482. The molecule has 0 atom stereocenters. The highest BCUT2D eigenvalue weighted by molar-refractivity contribution is 6.17. The number of carbonyl (C=O) groups is 2. The number of hydrogen-bond donors (Lipinski definition) is 4. The van der Waals surface area contributed by atoms with E-state index in [-0.39, 0.29) is 0 Å². The first-order valence-corrected chi connectivity index (χ1v) is 4.32. The van der Waals surface area contributed by atoms with Crippen molar-refractivity contribution in [1.29, 1.82) is 0 Å². The molecule has 88 valence electrons. The molecule has 0 bridgehead atoms. The van der Waals surface area contributed by atoms with Crippen molar-refractivity contribution in [3.63, 3.8) is 0 Å². The van der Waals surface area contributed by atoms with Crippen LogP contribution in [0.15, 0.2) is 0 Å². The summed E-state index contributed by atoms with van der Waals surface area (Å²) in [4.78, 5) is 17.1. The van der Waals surface area contributed by atoms with Crippen molar-refractivity contribution < 1.29 is 30.0 Å². The zero-order valence-electron chi connectivity index (χ0n) is 7.78. The van der Waals surface area contributed by atoms with Crippen LogP contribution >= 0.6 is 23.2 Å². The number of halogens is 2. The second kappa shape index (κ2) is 29.6. The molecule has 0 radical (unpaired) electrons. The second-order valence-electron chi connectivity index (χ2n) is 1.10. The maximum atomic E-state index is 8.56. The molecule has 0 spiro atoms. The molecule has 0 aromatic heterocycles. The van der Waals surface area contributed by atoms with Crippen molar-refractivity contribution in [2.24, 2.45) is 0 Å². The quantitative estimate of drug-likeness (QED) is 0.493. The Bertz CT molecular complexity index is 96.9. The fourth-order valence-electron chi connectivity index (χ4n) is 0. The first-order valence-electron chi connectivity index (χ1n) is 3.25. The fraction of sp³-hybridized carbons (Fsp3) is 0.667. The van der Waals surface area contributed by atoms with Crippen molar-refractivity contribution in [3.8, 4) is 0 Å². The lowest BCUT2D eigenvalue weighted by Crippen LogP contribution is -1.81. The van der Waals surface area contributed by atoms with Crippen LogP contribution in [0.5, 0.6) is 0 Å². The van der Waals surface area contributed by atoms with E-state index in [1.807, 2.05) is 13.8 Å². The third-order valence-electron chi connectivity index (χ3n) is 0. The third-order valence-corrected chi connectivity index (χ3v) is 0. The Morgan fingerprint density at radius 3 is 0.857 bits per heavy atom. The lowest BCUT2D eigenvalue weighted by atomic mass is 11.0. The number of carboxylic acid groups (broad SMARTS) is 4. The van der Waals surface area contributed by atoms with Crippen molar-refractivity contribution in [2.75, 3.05) is 11.8 Å². The molecule has 4 N–H and O–H groups in total. The van der Waals surface area contributed by atoms with E-state index in [0.29, 0.717) is 0 Å². The van der Waals surface area contributed by atoms with E-state index in [0.717, 1.165) is 11.8 Å². The molecule has 0 fully saturated rings. The summed E-state index contributed by atoms with van der Waals surface area (Å²) in [6.07, 6.45) is -3.67. The minimum atomic E-state index is -1.83. The van der Waals surface area contributed by atoms with Crippen LogP contribution in [0, 0.1) is 0 Å². The van der Waals surface area contributed by atoms with Crippen molar-refractivity contribution in [3.05, 3.63) is 0 Å². The van der Waals surface area contributed by atoms with E-state index in [4.69, 9.17) is 53.2 Å². The Hall–Kier alpha value is -0.880. The van der Waals surface area contributed by atoms with E-state index >= 15 is 0 Å². The van der Waals surface area contributed by atoms with Gasteiger partial charge in [0.15, 0.2) is 0 Å². The molecule has 0 aromatic carbocycles. The number of hydrogen-bond acceptors (Lipinski definition) is 2. The van der Waals surface area contributed by atoms with E-state index in [1.165, 1.54) is 0 Å². The highest BCUT2D eigenvalue weighted by atomic mass is 35.5. The Morgan fingerprint density at radius 2 is 0.857 bits per heavy atom. The van der Waals surface area contributed by atoms with Gasteiger partial charge < -0.3 is 20.4 Å². The van der Waals surface area contributed by atoms with Gasteiger partial charge in [0.05, 0.1) is 0 Å². The third kappa shape index (κ3) is 1470. The molecule has 0 aromatic rings.